The summed E-state index contributed by atoms with van der Waals surface area (Å²) in [4.78, 5) is 0. The Morgan fingerprint density at radius 3 is 2.50 bits per heavy atom. The molecular formula is C11H23NO3S. The minimum atomic E-state index is -2.73. The lowest BCUT2D eigenvalue weighted by Gasteiger charge is -2.23. The Labute approximate surface area is 98.7 Å². The van der Waals surface area contributed by atoms with Crippen LogP contribution in [0.25, 0.3) is 0 Å². The van der Waals surface area contributed by atoms with Gasteiger partial charge in [0.05, 0.1) is 17.6 Å². The quantitative estimate of drug-likeness (QED) is 0.713. The number of ether oxygens (including phenoxy) is 1. The van der Waals surface area contributed by atoms with Crippen LogP contribution in [0.4, 0.5) is 0 Å². The Kier molecular flexibility index (Phi) is 5.72. The van der Waals surface area contributed by atoms with Gasteiger partial charge in [-0.1, -0.05) is 0 Å². The topological polar surface area (TPSA) is 55.4 Å². The van der Waals surface area contributed by atoms with Crippen LogP contribution in [0.3, 0.4) is 0 Å². The second-order valence-electron chi connectivity index (χ2n) is 4.65. The molecule has 0 amide bonds. The van der Waals surface area contributed by atoms with Crippen molar-refractivity contribution in [3.05, 3.63) is 0 Å². The molecule has 0 aromatic heterocycles. The predicted octanol–water partition coefficient (Wildman–Crippen LogP) is 0.968. The van der Waals surface area contributed by atoms with Crippen molar-refractivity contribution >= 4 is 9.84 Å². The van der Waals surface area contributed by atoms with Crippen LogP contribution < -0.4 is 5.32 Å². The maximum absolute atomic E-state index is 11.2. The van der Waals surface area contributed by atoms with E-state index in [1.807, 2.05) is 13.8 Å². The van der Waals surface area contributed by atoms with Crippen molar-refractivity contribution in [3.63, 3.8) is 0 Å². The normalized spacial score (nSPS) is 21.4. The summed E-state index contributed by atoms with van der Waals surface area (Å²) in [7, 11) is -2.73. The lowest BCUT2D eigenvalue weighted by atomic mass is 10.1. The van der Waals surface area contributed by atoms with Gasteiger partial charge in [0.1, 0.15) is 9.84 Å². The van der Waals surface area contributed by atoms with Gasteiger partial charge in [-0.3, -0.25) is 0 Å². The number of sulfone groups is 1. The van der Waals surface area contributed by atoms with Crippen LogP contribution in [-0.2, 0) is 14.6 Å². The minimum absolute atomic E-state index is 0.292. The van der Waals surface area contributed by atoms with Gasteiger partial charge >= 0.3 is 0 Å². The van der Waals surface area contributed by atoms with E-state index in [1.165, 1.54) is 0 Å². The summed E-state index contributed by atoms with van der Waals surface area (Å²) in [5, 5.41) is 3.39. The van der Waals surface area contributed by atoms with Crippen molar-refractivity contribution in [2.24, 2.45) is 0 Å². The van der Waals surface area contributed by atoms with Gasteiger partial charge in [-0.15, -0.1) is 0 Å². The third-order valence-corrected chi connectivity index (χ3v) is 4.48. The minimum Gasteiger partial charge on any atom is -0.379 e. The molecule has 0 atom stereocenters. The molecule has 1 rings (SSSR count). The highest BCUT2D eigenvalue weighted by Crippen LogP contribution is 2.11. The monoisotopic (exact) mass is 249 g/mol. The Hall–Kier alpha value is -0.130. The second-order valence-corrected chi connectivity index (χ2v) is 6.96. The average molecular weight is 249 g/mol. The number of hydrogen-bond donors (Lipinski definition) is 1. The van der Waals surface area contributed by atoms with Gasteiger partial charge in [-0.05, 0) is 39.7 Å². The zero-order valence-electron chi connectivity index (χ0n) is 10.2. The summed E-state index contributed by atoms with van der Waals surface area (Å²) in [5.74, 6) is 0.681. The van der Waals surface area contributed by atoms with Crippen molar-refractivity contribution in [2.45, 2.75) is 45.3 Å². The molecule has 0 radical (unpaired) electrons. The fourth-order valence-electron chi connectivity index (χ4n) is 1.79. The molecule has 0 aromatic carbocycles. The summed E-state index contributed by atoms with van der Waals surface area (Å²) in [6.07, 6.45) is 2.79. The molecule has 0 aliphatic carbocycles. The Bertz CT molecular complexity index is 274. The molecule has 0 spiro atoms. The molecule has 0 bridgehead atoms. The van der Waals surface area contributed by atoms with Crippen LogP contribution in [0.1, 0.15) is 33.1 Å². The zero-order valence-corrected chi connectivity index (χ0v) is 11.1. The van der Waals surface area contributed by atoms with Crippen LogP contribution in [0.15, 0.2) is 0 Å². The van der Waals surface area contributed by atoms with E-state index in [0.717, 1.165) is 32.4 Å². The van der Waals surface area contributed by atoms with Gasteiger partial charge in [0, 0.05) is 12.6 Å². The molecule has 1 aliphatic rings. The fourth-order valence-corrected chi connectivity index (χ4v) is 3.28. The molecule has 0 saturated carbocycles. The predicted molar refractivity (Wildman–Crippen MR) is 65.4 cm³/mol. The van der Waals surface area contributed by atoms with E-state index in [1.54, 1.807) is 0 Å². The summed E-state index contributed by atoms with van der Waals surface area (Å²) in [6, 6.07) is 0.377. The summed E-state index contributed by atoms with van der Waals surface area (Å²) in [5.41, 5.74) is 0. The van der Waals surface area contributed by atoms with E-state index < -0.39 is 9.84 Å². The van der Waals surface area contributed by atoms with Crippen LogP contribution in [0, 0.1) is 0 Å². The van der Waals surface area contributed by atoms with Crippen LogP contribution in [-0.4, -0.2) is 45.2 Å². The molecule has 1 fully saturated rings. The Morgan fingerprint density at radius 1 is 1.31 bits per heavy atom. The molecule has 1 aliphatic heterocycles. The van der Waals surface area contributed by atoms with E-state index >= 15 is 0 Å². The standard InChI is InChI=1S/C11H23NO3S/c1-10(2)15-7-3-6-12-11-4-8-16(13,14)9-5-11/h10-12H,3-9H2,1-2H3. The third kappa shape index (κ3) is 5.82. The molecule has 5 heteroatoms. The molecule has 16 heavy (non-hydrogen) atoms. The van der Waals surface area contributed by atoms with Gasteiger partial charge in [0.25, 0.3) is 0 Å². The summed E-state index contributed by atoms with van der Waals surface area (Å²) < 4.78 is 27.8. The molecule has 4 nitrogen and oxygen atoms in total. The van der Waals surface area contributed by atoms with Gasteiger partial charge < -0.3 is 10.1 Å². The molecular weight excluding hydrogens is 226 g/mol. The first-order chi connectivity index (χ1) is 7.49. The van der Waals surface area contributed by atoms with Crippen LogP contribution in [0.5, 0.6) is 0 Å². The first-order valence-electron chi connectivity index (χ1n) is 6.05. The zero-order chi connectivity index (χ0) is 12.0. The van der Waals surface area contributed by atoms with Crippen molar-refractivity contribution in [2.75, 3.05) is 24.7 Å². The molecule has 1 heterocycles. The number of rotatable bonds is 6. The van der Waals surface area contributed by atoms with E-state index in [0.29, 0.717) is 23.7 Å². The van der Waals surface area contributed by atoms with Crippen LogP contribution >= 0.6 is 0 Å². The van der Waals surface area contributed by atoms with E-state index in [9.17, 15) is 8.42 Å². The maximum Gasteiger partial charge on any atom is 0.150 e. The molecule has 0 aromatic rings. The molecule has 1 N–H and O–H groups in total. The molecule has 0 unspecified atom stereocenters. The lowest BCUT2D eigenvalue weighted by molar-refractivity contribution is 0.0766. The highest BCUT2D eigenvalue weighted by molar-refractivity contribution is 7.91. The summed E-state index contributed by atoms with van der Waals surface area (Å²) >= 11 is 0. The Balaban J connectivity index is 2.02. The Morgan fingerprint density at radius 2 is 1.94 bits per heavy atom. The highest BCUT2D eigenvalue weighted by atomic mass is 32.2. The SMILES string of the molecule is CC(C)OCCCNC1CCS(=O)(=O)CC1. The average Bonchev–Trinajstić information content (AvgIpc) is 2.19. The van der Waals surface area contributed by atoms with Gasteiger partial charge in [-0.25, -0.2) is 8.42 Å². The third-order valence-electron chi connectivity index (χ3n) is 2.76. The lowest BCUT2D eigenvalue weighted by Crippen LogP contribution is -2.38. The van der Waals surface area contributed by atoms with E-state index in [-0.39, 0.29) is 0 Å². The van der Waals surface area contributed by atoms with Crippen molar-refractivity contribution < 1.29 is 13.2 Å². The van der Waals surface area contributed by atoms with Crippen molar-refractivity contribution in [3.8, 4) is 0 Å². The van der Waals surface area contributed by atoms with Crippen molar-refractivity contribution in [1.29, 1.82) is 0 Å². The van der Waals surface area contributed by atoms with Gasteiger partial charge in [0.15, 0.2) is 0 Å². The van der Waals surface area contributed by atoms with Crippen molar-refractivity contribution in [1.82, 2.24) is 5.32 Å². The molecule has 96 valence electrons. The second kappa shape index (κ2) is 6.57. The van der Waals surface area contributed by atoms with Crippen LogP contribution in [0.2, 0.25) is 0 Å². The largest absolute Gasteiger partial charge is 0.379 e. The van der Waals surface area contributed by atoms with Gasteiger partial charge in [-0.2, -0.15) is 0 Å². The maximum atomic E-state index is 11.2. The van der Waals surface area contributed by atoms with E-state index in [4.69, 9.17) is 4.74 Å². The highest BCUT2D eigenvalue weighted by Gasteiger charge is 2.22. The summed E-state index contributed by atoms with van der Waals surface area (Å²) in [6.45, 7) is 5.74. The number of nitrogens with one attached hydrogen (secondary N) is 1. The molecule has 1 saturated heterocycles. The first kappa shape index (κ1) is 13.9. The fraction of sp³-hybridized carbons (Fsp3) is 1.00. The first-order valence-corrected chi connectivity index (χ1v) is 7.87. The van der Waals surface area contributed by atoms with Gasteiger partial charge in [0.2, 0.25) is 0 Å². The smallest absolute Gasteiger partial charge is 0.150 e. The van der Waals surface area contributed by atoms with E-state index in [2.05, 4.69) is 5.32 Å². The number of hydrogen-bond acceptors (Lipinski definition) is 4.